The van der Waals surface area contributed by atoms with Crippen molar-refractivity contribution in [2.24, 2.45) is 0 Å². The number of carbonyl (C=O) groups excluding carboxylic acids is 1. The molecular formula is C22H27ClN2O4S. The fraction of sp³-hybridized carbons (Fsp3) is 0.318. The van der Waals surface area contributed by atoms with E-state index in [1.54, 1.807) is 30.3 Å². The van der Waals surface area contributed by atoms with E-state index in [0.717, 1.165) is 5.56 Å². The first-order chi connectivity index (χ1) is 14.2. The van der Waals surface area contributed by atoms with Crippen LogP contribution in [0, 0.1) is 0 Å². The van der Waals surface area contributed by atoms with E-state index in [2.05, 4.69) is 10.0 Å². The van der Waals surface area contributed by atoms with Crippen molar-refractivity contribution in [2.45, 2.75) is 37.1 Å². The lowest BCUT2D eigenvalue weighted by molar-refractivity contribution is -0.118. The number of hydrogen-bond acceptors (Lipinski definition) is 4. The molecule has 0 saturated carbocycles. The summed E-state index contributed by atoms with van der Waals surface area (Å²) in [5.74, 6) is -0.0489. The molecule has 1 amide bonds. The zero-order chi connectivity index (χ0) is 22.4. The molecule has 2 aromatic rings. The number of amides is 1. The molecule has 0 atom stereocenters. The van der Waals surface area contributed by atoms with E-state index < -0.39 is 15.6 Å². The number of nitrogens with one attached hydrogen (secondary N) is 2. The highest BCUT2D eigenvalue weighted by atomic mass is 35.5. The van der Waals surface area contributed by atoms with Crippen LogP contribution in [0.5, 0.6) is 5.75 Å². The maximum atomic E-state index is 12.7. The molecule has 6 nitrogen and oxygen atoms in total. The van der Waals surface area contributed by atoms with Crippen LogP contribution in [-0.4, -0.2) is 28.5 Å². The van der Waals surface area contributed by atoms with Gasteiger partial charge in [0.2, 0.25) is 15.9 Å². The van der Waals surface area contributed by atoms with E-state index in [0.29, 0.717) is 23.4 Å². The first kappa shape index (κ1) is 23.9. The normalized spacial score (nSPS) is 12.2. The Morgan fingerprint density at radius 3 is 2.30 bits per heavy atom. The lowest BCUT2D eigenvalue weighted by Gasteiger charge is -2.33. The molecule has 30 heavy (non-hydrogen) atoms. The first-order valence-electron chi connectivity index (χ1n) is 9.59. The number of ether oxygens (including phenoxy) is 1. The van der Waals surface area contributed by atoms with Crippen molar-refractivity contribution in [3.8, 4) is 5.75 Å². The SMILES string of the molecule is CCC(CC)(NC(=O)/C=C/c1ccc(OC)c(S(=O)(=O)NC)c1)c1ccc(Cl)cc1. The molecule has 0 aliphatic heterocycles. The molecule has 0 aliphatic carbocycles. The Labute approximate surface area is 183 Å². The van der Waals surface area contributed by atoms with Crippen LogP contribution in [0.2, 0.25) is 5.02 Å². The van der Waals surface area contributed by atoms with Gasteiger partial charge < -0.3 is 10.1 Å². The number of sulfonamides is 1. The summed E-state index contributed by atoms with van der Waals surface area (Å²) in [6, 6.07) is 12.1. The molecule has 0 heterocycles. The van der Waals surface area contributed by atoms with Crippen LogP contribution >= 0.6 is 11.6 Å². The van der Waals surface area contributed by atoms with E-state index in [4.69, 9.17) is 16.3 Å². The quantitative estimate of drug-likeness (QED) is 0.563. The lowest BCUT2D eigenvalue weighted by atomic mass is 9.84. The van der Waals surface area contributed by atoms with E-state index >= 15 is 0 Å². The minimum absolute atomic E-state index is 0.00712. The third-order valence-electron chi connectivity index (χ3n) is 5.14. The largest absolute Gasteiger partial charge is 0.495 e. The molecule has 0 unspecified atom stereocenters. The van der Waals surface area contributed by atoms with Crippen molar-refractivity contribution in [2.75, 3.05) is 14.2 Å². The van der Waals surface area contributed by atoms with Gasteiger partial charge in [0.15, 0.2) is 0 Å². The standard InChI is InChI=1S/C22H27ClN2O4S/c1-5-22(6-2,17-9-11-18(23)12-10-17)25-21(26)14-8-16-7-13-19(29-4)20(15-16)30(27,28)24-3/h7-15,24H,5-6H2,1-4H3,(H,25,26)/b14-8+. The Hall–Kier alpha value is -2.35. The Morgan fingerprint density at radius 1 is 1.13 bits per heavy atom. The number of carbonyl (C=O) groups is 1. The molecule has 0 aromatic heterocycles. The second-order valence-electron chi connectivity index (χ2n) is 6.74. The van der Waals surface area contributed by atoms with Crippen LogP contribution < -0.4 is 14.8 Å². The summed E-state index contributed by atoms with van der Waals surface area (Å²) in [6.45, 7) is 4.03. The topological polar surface area (TPSA) is 84.5 Å². The molecule has 8 heteroatoms. The molecule has 2 aromatic carbocycles. The van der Waals surface area contributed by atoms with Crippen LogP contribution in [0.25, 0.3) is 6.08 Å². The van der Waals surface area contributed by atoms with Gasteiger partial charge in [-0.15, -0.1) is 0 Å². The minimum Gasteiger partial charge on any atom is -0.495 e. The Kier molecular flexibility index (Phi) is 8.06. The average molecular weight is 451 g/mol. The summed E-state index contributed by atoms with van der Waals surface area (Å²) < 4.78 is 31.8. The van der Waals surface area contributed by atoms with Crippen molar-refractivity contribution in [1.82, 2.24) is 10.0 Å². The highest BCUT2D eigenvalue weighted by Crippen LogP contribution is 2.30. The van der Waals surface area contributed by atoms with Gasteiger partial charge in [0.1, 0.15) is 10.6 Å². The van der Waals surface area contributed by atoms with E-state index in [-0.39, 0.29) is 16.6 Å². The molecule has 162 valence electrons. The van der Waals surface area contributed by atoms with Crippen LogP contribution in [0.15, 0.2) is 53.4 Å². The predicted octanol–water partition coefficient (Wildman–Crippen LogP) is 4.10. The smallest absolute Gasteiger partial charge is 0.244 e. The highest BCUT2D eigenvalue weighted by molar-refractivity contribution is 7.89. The van der Waals surface area contributed by atoms with E-state index in [9.17, 15) is 13.2 Å². The van der Waals surface area contributed by atoms with E-state index in [1.807, 2.05) is 26.0 Å². The molecular weight excluding hydrogens is 424 g/mol. The van der Waals surface area contributed by atoms with E-state index in [1.165, 1.54) is 26.3 Å². The number of methoxy groups -OCH3 is 1. The lowest BCUT2D eigenvalue weighted by Crippen LogP contribution is -2.44. The summed E-state index contributed by atoms with van der Waals surface area (Å²) in [4.78, 5) is 12.7. The van der Waals surface area contributed by atoms with Gasteiger partial charge in [-0.25, -0.2) is 13.1 Å². The maximum absolute atomic E-state index is 12.7. The number of benzene rings is 2. The molecule has 0 bridgehead atoms. The summed E-state index contributed by atoms with van der Waals surface area (Å²) >= 11 is 5.99. The molecule has 2 rings (SSSR count). The van der Waals surface area contributed by atoms with Crippen LogP contribution in [0.1, 0.15) is 37.8 Å². The average Bonchev–Trinajstić information content (AvgIpc) is 2.76. The van der Waals surface area contributed by atoms with Gasteiger partial charge in [0.25, 0.3) is 0 Å². The van der Waals surface area contributed by atoms with Crippen molar-refractivity contribution in [3.05, 3.63) is 64.7 Å². The molecule has 0 aliphatic rings. The number of rotatable bonds is 9. The summed E-state index contributed by atoms with van der Waals surface area (Å²) in [7, 11) is -0.967. The van der Waals surface area contributed by atoms with Crippen molar-refractivity contribution in [1.29, 1.82) is 0 Å². The summed E-state index contributed by atoms with van der Waals surface area (Å²) in [5.41, 5.74) is 1.02. The number of halogens is 1. The molecule has 2 N–H and O–H groups in total. The highest BCUT2D eigenvalue weighted by Gasteiger charge is 2.29. The van der Waals surface area contributed by atoms with Crippen molar-refractivity contribution in [3.63, 3.8) is 0 Å². The fourth-order valence-corrected chi connectivity index (χ4v) is 4.30. The second kappa shape index (κ2) is 10.1. The monoisotopic (exact) mass is 450 g/mol. The van der Waals surface area contributed by atoms with Crippen molar-refractivity contribution < 1.29 is 17.9 Å². The van der Waals surface area contributed by atoms with Crippen LogP contribution in [0.3, 0.4) is 0 Å². The molecule has 0 spiro atoms. The first-order valence-corrected chi connectivity index (χ1v) is 11.4. The van der Waals surface area contributed by atoms with Crippen molar-refractivity contribution >= 4 is 33.6 Å². The van der Waals surface area contributed by atoms with Gasteiger partial charge in [0, 0.05) is 11.1 Å². The third-order valence-corrected chi connectivity index (χ3v) is 6.83. The number of hydrogen-bond donors (Lipinski definition) is 2. The summed E-state index contributed by atoms with van der Waals surface area (Å²) in [6.07, 6.45) is 4.38. The Morgan fingerprint density at radius 2 is 1.77 bits per heavy atom. The summed E-state index contributed by atoms with van der Waals surface area (Å²) in [5, 5.41) is 3.73. The van der Waals surface area contributed by atoms with Gasteiger partial charge in [-0.05, 0) is 61.4 Å². The zero-order valence-corrected chi connectivity index (χ0v) is 19.1. The third kappa shape index (κ3) is 5.41. The van der Waals surface area contributed by atoms with Crippen LogP contribution in [-0.2, 0) is 20.4 Å². The van der Waals surface area contributed by atoms with Gasteiger partial charge in [0.05, 0.1) is 12.6 Å². The Balaban J connectivity index is 2.28. The van der Waals surface area contributed by atoms with Gasteiger partial charge in [-0.1, -0.05) is 43.6 Å². The fourth-order valence-electron chi connectivity index (χ4n) is 3.24. The molecule has 0 saturated heterocycles. The van der Waals surface area contributed by atoms with Gasteiger partial charge in [-0.2, -0.15) is 0 Å². The maximum Gasteiger partial charge on any atom is 0.244 e. The molecule has 0 fully saturated rings. The Bertz CT molecular complexity index is 1010. The second-order valence-corrected chi connectivity index (χ2v) is 9.03. The van der Waals surface area contributed by atoms with Crippen LogP contribution in [0.4, 0.5) is 0 Å². The molecule has 0 radical (unpaired) electrons. The van der Waals surface area contributed by atoms with Gasteiger partial charge >= 0.3 is 0 Å². The predicted molar refractivity (Wildman–Crippen MR) is 120 cm³/mol. The zero-order valence-electron chi connectivity index (χ0n) is 17.5. The minimum atomic E-state index is -3.70. The van der Waals surface area contributed by atoms with Gasteiger partial charge in [-0.3, -0.25) is 4.79 Å².